The Bertz CT molecular complexity index is 885. The predicted molar refractivity (Wildman–Crippen MR) is 88.7 cm³/mol. The molecule has 1 atom stereocenters. The Morgan fingerprint density at radius 3 is 2.56 bits per heavy atom. The summed E-state index contributed by atoms with van der Waals surface area (Å²) in [6.07, 6.45) is 0.510. The minimum absolute atomic E-state index is 0.0655. The van der Waals surface area contributed by atoms with Gasteiger partial charge in [-0.2, -0.15) is 0 Å². The largest absolute Gasteiger partial charge is 0.504 e. The number of benzene rings is 1. The van der Waals surface area contributed by atoms with Gasteiger partial charge in [0.1, 0.15) is 6.04 Å². The Hall–Kier alpha value is -3.03. The van der Waals surface area contributed by atoms with E-state index in [2.05, 4.69) is 5.32 Å². The number of amides is 1. The van der Waals surface area contributed by atoms with Gasteiger partial charge in [-0.25, -0.2) is 9.59 Å². The number of carboxylic acid groups (broad SMARTS) is 1. The molecule has 8 nitrogen and oxygen atoms in total. The molecular weight excluding hydrogens is 330 g/mol. The third kappa shape index (κ3) is 3.73. The molecule has 134 valence electrons. The molecule has 0 spiro atoms. The number of phenolic OH excluding ortho intramolecular Hbond substituents is 2. The molecule has 4 N–H and O–H groups in total. The van der Waals surface area contributed by atoms with E-state index < -0.39 is 35.0 Å². The Morgan fingerprint density at radius 2 is 1.96 bits per heavy atom. The molecule has 1 heterocycles. The normalized spacial score (nSPS) is 12.1. The molecule has 0 saturated heterocycles. The second-order valence-corrected chi connectivity index (χ2v) is 5.73. The van der Waals surface area contributed by atoms with Crippen molar-refractivity contribution in [2.75, 3.05) is 0 Å². The van der Waals surface area contributed by atoms with E-state index in [0.717, 1.165) is 0 Å². The third-order valence-electron chi connectivity index (χ3n) is 3.96. The number of carbonyl (C=O) groups is 2. The Morgan fingerprint density at radius 1 is 1.28 bits per heavy atom. The van der Waals surface area contributed by atoms with E-state index in [-0.39, 0.29) is 24.0 Å². The second kappa shape index (κ2) is 7.25. The van der Waals surface area contributed by atoms with Crippen molar-refractivity contribution in [3.05, 3.63) is 33.7 Å². The third-order valence-corrected chi connectivity index (χ3v) is 3.96. The molecule has 2 rings (SSSR count). The zero-order valence-corrected chi connectivity index (χ0v) is 13.8. The van der Waals surface area contributed by atoms with Crippen molar-refractivity contribution in [2.24, 2.45) is 0 Å². The summed E-state index contributed by atoms with van der Waals surface area (Å²) >= 11 is 0. The predicted octanol–water partition coefficient (Wildman–Crippen LogP) is 1.42. The molecule has 1 amide bonds. The minimum Gasteiger partial charge on any atom is -0.504 e. The summed E-state index contributed by atoms with van der Waals surface area (Å²) in [6.45, 7) is 3.38. The van der Waals surface area contributed by atoms with Gasteiger partial charge >= 0.3 is 11.6 Å². The van der Waals surface area contributed by atoms with Gasteiger partial charge in [0.05, 0.1) is 12.0 Å². The summed E-state index contributed by atoms with van der Waals surface area (Å²) in [4.78, 5) is 35.4. The fraction of sp³-hybridized carbons (Fsp3) is 0.353. The van der Waals surface area contributed by atoms with Gasteiger partial charge in [0, 0.05) is 5.39 Å². The summed E-state index contributed by atoms with van der Waals surface area (Å²) in [5.74, 6) is -2.73. The number of carbonyl (C=O) groups excluding carboxylic acids is 1. The molecule has 8 heteroatoms. The lowest BCUT2D eigenvalue weighted by Crippen LogP contribution is -2.41. The van der Waals surface area contributed by atoms with Crippen LogP contribution in [0, 0.1) is 6.92 Å². The van der Waals surface area contributed by atoms with Gasteiger partial charge in [-0.1, -0.05) is 13.3 Å². The van der Waals surface area contributed by atoms with E-state index in [1.165, 1.54) is 12.1 Å². The maximum atomic E-state index is 12.1. The van der Waals surface area contributed by atoms with Gasteiger partial charge in [0.15, 0.2) is 11.3 Å². The highest BCUT2D eigenvalue weighted by atomic mass is 16.4. The maximum Gasteiger partial charge on any atom is 0.340 e. The number of hydrogen-bond acceptors (Lipinski definition) is 6. The maximum absolute atomic E-state index is 12.1. The average molecular weight is 349 g/mol. The van der Waals surface area contributed by atoms with E-state index in [9.17, 15) is 24.6 Å². The van der Waals surface area contributed by atoms with Crippen LogP contribution in [0.5, 0.6) is 11.5 Å². The molecule has 1 aromatic carbocycles. The molecule has 2 aromatic rings. The molecule has 1 unspecified atom stereocenters. The van der Waals surface area contributed by atoms with Crippen molar-refractivity contribution in [3.8, 4) is 11.5 Å². The first-order valence-electron chi connectivity index (χ1n) is 7.75. The SMILES string of the molecule is CCCC(NC(=O)Cc1c(C)c2ccc(O)c(O)c2oc1=O)C(=O)O. The molecular formula is C17H19NO7. The summed E-state index contributed by atoms with van der Waals surface area (Å²) in [5, 5.41) is 31.1. The fourth-order valence-electron chi connectivity index (χ4n) is 2.59. The number of rotatable bonds is 6. The number of aliphatic carboxylic acids is 1. The van der Waals surface area contributed by atoms with Crippen LogP contribution < -0.4 is 10.9 Å². The van der Waals surface area contributed by atoms with Crippen molar-refractivity contribution in [1.82, 2.24) is 5.32 Å². The van der Waals surface area contributed by atoms with Crippen molar-refractivity contribution in [3.63, 3.8) is 0 Å². The molecule has 0 bridgehead atoms. The standard InChI is InChI=1S/C17H19NO7/c1-3-4-11(16(22)23)18-13(20)7-10-8(2)9-5-6-12(19)14(21)15(9)25-17(10)24/h5-6,11,19,21H,3-4,7H2,1-2H3,(H,18,20)(H,22,23). The van der Waals surface area contributed by atoms with Crippen molar-refractivity contribution < 1.29 is 29.3 Å². The first kappa shape index (κ1) is 18.3. The lowest BCUT2D eigenvalue weighted by atomic mass is 10.0. The van der Waals surface area contributed by atoms with Crippen LogP contribution in [0.15, 0.2) is 21.3 Å². The van der Waals surface area contributed by atoms with E-state index in [0.29, 0.717) is 17.4 Å². The van der Waals surface area contributed by atoms with Crippen LogP contribution in [0.2, 0.25) is 0 Å². The number of carboxylic acids is 1. The van der Waals surface area contributed by atoms with Crippen molar-refractivity contribution >= 4 is 22.8 Å². The van der Waals surface area contributed by atoms with Gasteiger partial charge in [0.2, 0.25) is 11.7 Å². The van der Waals surface area contributed by atoms with Crippen molar-refractivity contribution in [1.29, 1.82) is 0 Å². The van der Waals surface area contributed by atoms with Gasteiger partial charge < -0.3 is 25.1 Å². The monoisotopic (exact) mass is 349 g/mol. The number of aryl methyl sites for hydroxylation is 1. The van der Waals surface area contributed by atoms with Gasteiger partial charge in [-0.3, -0.25) is 4.79 Å². The molecule has 25 heavy (non-hydrogen) atoms. The topological polar surface area (TPSA) is 137 Å². The fourth-order valence-corrected chi connectivity index (χ4v) is 2.59. The van der Waals surface area contributed by atoms with E-state index in [1.807, 2.05) is 0 Å². The van der Waals surface area contributed by atoms with E-state index in [1.54, 1.807) is 13.8 Å². The van der Waals surface area contributed by atoms with Gasteiger partial charge in [0.25, 0.3) is 0 Å². The van der Waals surface area contributed by atoms with Crippen molar-refractivity contribution in [2.45, 2.75) is 39.2 Å². The minimum atomic E-state index is -1.14. The van der Waals surface area contributed by atoms with E-state index >= 15 is 0 Å². The number of nitrogens with one attached hydrogen (secondary N) is 1. The first-order chi connectivity index (χ1) is 11.8. The quantitative estimate of drug-likeness (QED) is 0.457. The molecule has 0 aliphatic heterocycles. The van der Waals surface area contributed by atoms with Crippen LogP contribution in [0.25, 0.3) is 11.0 Å². The van der Waals surface area contributed by atoms with Crippen LogP contribution in [-0.4, -0.2) is 33.2 Å². The van der Waals surface area contributed by atoms with Crippen LogP contribution in [-0.2, 0) is 16.0 Å². The lowest BCUT2D eigenvalue weighted by molar-refractivity contribution is -0.141. The second-order valence-electron chi connectivity index (χ2n) is 5.73. The van der Waals surface area contributed by atoms with Crippen LogP contribution in [0.3, 0.4) is 0 Å². The van der Waals surface area contributed by atoms with Crippen LogP contribution >= 0.6 is 0 Å². The Labute approximate surface area is 142 Å². The average Bonchev–Trinajstić information content (AvgIpc) is 2.55. The number of hydrogen-bond donors (Lipinski definition) is 4. The number of aromatic hydroxyl groups is 2. The zero-order valence-electron chi connectivity index (χ0n) is 13.8. The van der Waals surface area contributed by atoms with Gasteiger partial charge in [-0.05, 0) is 31.0 Å². The van der Waals surface area contributed by atoms with Crippen LogP contribution in [0.1, 0.15) is 30.9 Å². The summed E-state index contributed by atoms with van der Waals surface area (Å²) < 4.78 is 5.02. The van der Waals surface area contributed by atoms with Crippen LogP contribution in [0.4, 0.5) is 0 Å². The Balaban J connectivity index is 2.35. The number of fused-ring (bicyclic) bond motifs is 1. The molecule has 1 aromatic heterocycles. The smallest absolute Gasteiger partial charge is 0.340 e. The Kier molecular flexibility index (Phi) is 5.31. The number of phenols is 2. The molecule has 0 saturated carbocycles. The van der Waals surface area contributed by atoms with E-state index in [4.69, 9.17) is 9.52 Å². The highest BCUT2D eigenvalue weighted by Crippen LogP contribution is 2.34. The molecule has 0 aliphatic rings. The summed E-state index contributed by atoms with van der Waals surface area (Å²) in [6, 6.07) is 1.68. The van der Waals surface area contributed by atoms with Gasteiger partial charge in [-0.15, -0.1) is 0 Å². The molecule has 0 aliphatic carbocycles. The lowest BCUT2D eigenvalue weighted by Gasteiger charge is -2.14. The summed E-state index contributed by atoms with van der Waals surface area (Å²) in [5.41, 5.74) is -0.515. The first-order valence-corrected chi connectivity index (χ1v) is 7.75. The molecule has 0 fully saturated rings. The highest BCUT2D eigenvalue weighted by molar-refractivity contribution is 5.90. The molecule has 0 radical (unpaired) electrons. The highest BCUT2D eigenvalue weighted by Gasteiger charge is 2.22. The zero-order chi connectivity index (χ0) is 18.7. The summed E-state index contributed by atoms with van der Waals surface area (Å²) in [7, 11) is 0.